The molecule has 134 valence electrons. The van der Waals surface area contributed by atoms with Crippen molar-refractivity contribution in [3.8, 4) is 17.3 Å². The summed E-state index contributed by atoms with van der Waals surface area (Å²) in [7, 11) is 1.72. The van der Waals surface area contributed by atoms with Crippen molar-refractivity contribution in [3.63, 3.8) is 0 Å². The minimum atomic E-state index is -0.427. The SMILES string of the molecule is Cn1nnc(-c2ccc(F)cn2)c1COc1ccc(CCOC=O)nn1. The van der Waals surface area contributed by atoms with E-state index in [0.29, 0.717) is 41.5 Å². The van der Waals surface area contributed by atoms with Crippen molar-refractivity contribution in [1.82, 2.24) is 30.2 Å². The average Bonchev–Trinajstić information content (AvgIpc) is 3.02. The summed E-state index contributed by atoms with van der Waals surface area (Å²) in [6.07, 6.45) is 1.59. The Bertz CT molecular complexity index is 867. The summed E-state index contributed by atoms with van der Waals surface area (Å²) in [6.45, 7) is 0.772. The molecule has 3 heterocycles. The number of nitrogens with zero attached hydrogens (tertiary/aromatic N) is 6. The van der Waals surface area contributed by atoms with Crippen molar-refractivity contribution in [2.45, 2.75) is 13.0 Å². The van der Waals surface area contributed by atoms with Crippen molar-refractivity contribution in [1.29, 1.82) is 0 Å². The third-order valence-electron chi connectivity index (χ3n) is 3.51. The number of hydrogen-bond acceptors (Lipinski definition) is 8. The molecular weight excluding hydrogens is 343 g/mol. The number of carbonyl (C=O) groups excluding carboxylic acids is 1. The molecule has 0 aliphatic carbocycles. The predicted octanol–water partition coefficient (Wildman–Crippen LogP) is 1.10. The van der Waals surface area contributed by atoms with E-state index in [9.17, 15) is 9.18 Å². The second-order valence-corrected chi connectivity index (χ2v) is 5.24. The maximum Gasteiger partial charge on any atom is 0.293 e. The molecule has 10 heteroatoms. The van der Waals surface area contributed by atoms with Crippen LogP contribution < -0.4 is 4.74 Å². The van der Waals surface area contributed by atoms with Crippen LogP contribution in [0.25, 0.3) is 11.4 Å². The Kier molecular flexibility index (Phi) is 5.42. The van der Waals surface area contributed by atoms with Gasteiger partial charge in [-0.05, 0) is 18.2 Å². The van der Waals surface area contributed by atoms with Crippen LogP contribution >= 0.6 is 0 Å². The average molecular weight is 358 g/mol. The predicted molar refractivity (Wildman–Crippen MR) is 86.3 cm³/mol. The number of ether oxygens (including phenoxy) is 2. The number of carbonyl (C=O) groups is 1. The lowest BCUT2D eigenvalue weighted by Gasteiger charge is -2.07. The van der Waals surface area contributed by atoms with Gasteiger partial charge >= 0.3 is 0 Å². The van der Waals surface area contributed by atoms with Crippen LogP contribution in [-0.2, 0) is 29.6 Å². The van der Waals surface area contributed by atoms with Gasteiger partial charge in [-0.25, -0.2) is 9.07 Å². The molecule has 0 aliphatic rings. The summed E-state index contributed by atoms with van der Waals surface area (Å²) in [6, 6.07) is 6.24. The number of aryl methyl sites for hydroxylation is 1. The molecule has 0 bridgehead atoms. The fraction of sp³-hybridized carbons (Fsp3) is 0.250. The van der Waals surface area contributed by atoms with Gasteiger partial charge in [0.15, 0.2) is 0 Å². The van der Waals surface area contributed by atoms with Gasteiger partial charge in [0.05, 0.1) is 24.2 Å². The van der Waals surface area contributed by atoms with E-state index in [1.807, 2.05) is 0 Å². The lowest BCUT2D eigenvalue weighted by atomic mass is 10.2. The van der Waals surface area contributed by atoms with Gasteiger partial charge in [-0.15, -0.1) is 10.2 Å². The maximum atomic E-state index is 13.0. The summed E-state index contributed by atoms with van der Waals surface area (Å²) in [5.74, 6) is -0.103. The molecule has 0 saturated heterocycles. The topological polar surface area (TPSA) is 105 Å². The highest BCUT2D eigenvalue weighted by molar-refractivity contribution is 5.56. The Balaban J connectivity index is 1.67. The molecule has 0 radical (unpaired) electrons. The molecule has 0 fully saturated rings. The molecule has 3 aromatic rings. The molecule has 0 saturated carbocycles. The standard InChI is InChI=1S/C16H15FN6O3/c1-23-14(16(21-22-23)13-4-2-11(17)8-18-13)9-26-15-5-3-12(19-20-15)6-7-25-10-24/h2-5,8,10H,6-7,9H2,1H3. The number of halogens is 1. The van der Waals surface area contributed by atoms with E-state index in [1.165, 1.54) is 12.1 Å². The second kappa shape index (κ2) is 8.10. The van der Waals surface area contributed by atoms with Crippen molar-refractivity contribution < 1.29 is 18.7 Å². The van der Waals surface area contributed by atoms with Crippen LogP contribution in [0.1, 0.15) is 11.4 Å². The van der Waals surface area contributed by atoms with Crippen LogP contribution in [0.2, 0.25) is 0 Å². The zero-order valence-electron chi connectivity index (χ0n) is 13.9. The molecule has 0 amide bonds. The van der Waals surface area contributed by atoms with Crippen LogP contribution in [0.15, 0.2) is 30.5 Å². The Morgan fingerprint density at radius 1 is 1.19 bits per heavy atom. The summed E-state index contributed by atoms with van der Waals surface area (Å²) in [5.41, 5.74) is 2.34. The van der Waals surface area contributed by atoms with Crippen LogP contribution in [0.4, 0.5) is 4.39 Å². The molecule has 3 rings (SSSR count). The number of pyridine rings is 1. The number of hydrogen-bond donors (Lipinski definition) is 0. The molecular formula is C16H15FN6O3. The van der Waals surface area contributed by atoms with Gasteiger partial charge < -0.3 is 9.47 Å². The third kappa shape index (κ3) is 4.15. The van der Waals surface area contributed by atoms with E-state index in [2.05, 4.69) is 30.2 Å². The highest BCUT2D eigenvalue weighted by atomic mass is 19.1. The van der Waals surface area contributed by atoms with Gasteiger partial charge in [-0.1, -0.05) is 5.21 Å². The van der Waals surface area contributed by atoms with E-state index < -0.39 is 5.82 Å². The first-order valence-corrected chi connectivity index (χ1v) is 7.68. The third-order valence-corrected chi connectivity index (χ3v) is 3.51. The van der Waals surface area contributed by atoms with E-state index in [0.717, 1.165) is 6.20 Å². The molecule has 0 spiro atoms. The van der Waals surface area contributed by atoms with Crippen LogP contribution in [0.5, 0.6) is 5.88 Å². The highest BCUT2D eigenvalue weighted by Gasteiger charge is 2.15. The van der Waals surface area contributed by atoms with Gasteiger partial charge in [0, 0.05) is 19.5 Å². The monoisotopic (exact) mass is 358 g/mol. The number of aromatic nitrogens is 6. The molecule has 26 heavy (non-hydrogen) atoms. The minimum absolute atomic E-state index is 0.139. The molecule has 9 nitrogen and oxygen atoms in total. The normalized spacial score (nSPS) is 10.5. The zero-order valence-corrected chi connectivity index (χ0v) is 13.9. The first-order chi connectivity index (χ1) is 12.7. The van der Waals surface area contributed by atoms with Gasteiger partial charge in [0.1, 0.15) is 23.8 Å². The summed E-state index contributed by atoms with van der Waals surface area (Å²) < 4.78 is 24.8. The quantitative estimate of drug-likeness (QED) is 0.435. The first kappa shape index (κ1) is 17.4. The molecule has 0 aromatic carbocycles. The van der Waals surface area contributed by atoms with Gasteiger partial charge in [-0.3, -0.25) is 9.78 Å². The summed E-state index contributed by atoms with van der Waals surface area (Å²) >= 11 is 0. The van der Waals surface area contributed by atoms with E-state index in [-0.39, 0.29) is 13.2 Å². The molecule has 0 aliphatic heterocycles. The first-order valence-electron chi connectivity index (χ1n) is 7.68. The van der Waals surface area contributed by atoms with Crippen LogP contribution in [-0.4, -0.2) is 43.3 Å². The fourth-order valence-corrected chi connectivity index (χ4v) is 2.17. The van der Waals surface area contributed by atoms with Gasteiger partial charge in [0.2, 0.25) is 5.88 Å². The Morgan fingerprint density at radius 3 is 2.77 bits per heavy atom. The van der Waals surface area contributed by atoms with Gasteiger partial charge in [-0.2, -0.15) is 5.10 Å². The Morgan fingerprint density at radius 2 is 2.08 bits per heavy atom. The molecule has 0 atom stereocenters. The largest absolute Gasteiger partial charge is 0.470 e. The fourth-order valence-electron chi connectivity index (χ4n) is 2.17. The second-order valence-electron chi connectivity index (χ2n) is 5.24. The Hall–Kier alpha value is -3.43. The van der Waals surface area contributed by atoms with Crippen molar-refractivity contribution >= 4 is 6.47 Å². The van der Waals surface area contributed by atoms with E-state index in [4.69, 9.17) is 4.74 Å². The summed E-state index contributed by atoms with van der Waals surface area (Å²) in [5, 5.41) is 16.0. The lowest BCUT2D eigenvalue weighted by molar-refractivity contribution is -0.128. The number of rotatable bonds is 8. The van der Waals surface area contributed by atoms with Crippen molar-refractivity contribution in [3.05, 3.63) is 47.7 Å². The van der Waals surface area contributed by atoms with Gasteiger partial charge in [0.25, 0.3) is 6.47 Å². The molecule has 0 unspecified atom stereocenters. The van der Waals surface area contributed by atoms with Crippen molar-refractivity contribution in [2.75, 3.05) is 6.61 Å². The van der Waals surface area contributed by atoms with E-state index >= 15 is 0 Å². The zero-order chi connectivity index (χ0) is 18.4. The van der Waals surface area contributed by atoms with Crippen LogP contribution in [0, 0.1) is 5.82 Å². The van der Waals surface area contributed by atoms with E-state index in [1.54, 1.807) is 23.9 Å². The molecule has 3 aromatic heterocycles. The Labute approximate surface area is 147 Å². The smallest absolute Gasteiger partial charge is 0.293 e. The lowest BCUT2D eigenvalue weighted by Crippen LogP contribution is -2.07. The minimum Gasteiger partial charge on any atom is -0.470 e. The summed E-state index contributed by atoms with van der Waals surface area (Å²) in [4.78, 5) is 14.1. The molecule has 0 N–H and O–H groups in total. The highest BCUT2D eigenvalue weighted by Crippen LogP contribution is 2.20. The van der Waals surface area contributed by atoms with Crippen LogP contribution in [0.3, 0.4) is 0 Å². The van der Waals surface area contributed by atoms with Crippen molar-refractivity contribution in [2.24, 2.45) is 7.05 Å². The maximum absolute atomic E-state index is 13.0.